The van der Waals surface area contributed by atoms with E-state index in [1.165, 1.54) is 0 Å². The fraction of sp³-hybridized carbons (Fsp3) is 0.267. The van der Waals surface area contributed by atoms with Crippen LogP contribution >= 0.6 is 27.5 Å². The van der Waals surface area contributed by atoms with Crippen molar-refractivity contribution < 1.29 is 9.90 Å². The number of benzene rings is 1. The average molecular weight is 342 g/mol. The zero-order valence-corrected chi connectivity index (χ0v) is 12.6. The molecule has 2 unspecified atom stereocenters. The quantitative estimate of drug-likeness (QED) is 0.847. The zero-order valence-electron chi connectivity index (χ0n) is 10.2. The van der Waals surface area contributed by atoms with Crippen LogP contribution < -0.4 is 0 Å². The standard InChI is InChI=1S/C15H14BrClO2/c16-10-15(8-6-12(17)7-9-15)14(19)13(18)11-4-2-1-3-5-11/h1-8,13,18H,9-10H2. The van der Waals surface area contributed by atoms with Crippen molar-refractivity contribution in [3.63, 3.8) is 0 Å². The summed E-state index contributed by atoms with van der Waals surface area (Å²) in [7, 11) is 0. The molecule has 0 radical (unpaired) electrons. The Kier molecular flexibility index (Phi) is 4.61. The number of Topliss-reactive ketones (excluding diaryl/α,β-unsaturated/α-hetero) is 1. The molecule has 0 amide bonds. The summed E-state index contributed by atoms with van der Waals surface area (Å²) in [6, 6.07) is 8.96. The molecule has 1 aromatic rings. The van der Waals surface area contributed by atoms with Gasteiger partial charge in [0.15, 0.2) is 5.78 Å². The normalized spacial score (nSPS) is 23.8. The molecule has 19 heavy (non-hydrogen) atoms. The maximum Gasteiger partial charge on any atom is 0.176 e. The summed E-state index contributed by atoms with van der Waals surface area (Å²) in [4.78, 5) is 12.6. The van der Waals surface area contributed by atoms with Crippen LogP contribution in [0.25, 0.3) is 0 Å². The van der Waals surface area contributed by atoms with Gasteiger partial charge in [-0.1, -0.05) is 70.0 Å². The first-order valence-electron chi connectivity index (χ1n) is 5.97. The van der Waals surface area contributed by atoms with Crippen LogP contribution in [0.3, 0.4) is 0 Å². The minimum atomic E-state index is -1.12. The van der Waals surface area contributed by atoms with Crippen LogP contribution in [0.5, 0.6) is 0 Å². The number of allylic oxidation sites excluding steroid dienone is 4. The first-order valence-corrected chi connectivity index (χ1v) is 7.47. The molecule has 0 saturated carbocycles. The molecule has 0 fully saturated rings. The van der Waals surface area contributed by atoms with Crippen molar-refractivity contribution in [1.29, 1.82) is 0 Å². The Hall–Kier alpha value is -0.900. The maximum absolute atomic E-state index is 12.6. The zero-order chi connectivity index (χ0) is 13.9. The summed E-state index contributed by atoms with van der Waals surface area (Å²) in [6.45, 7) is 0. The lowest BCUT2D eigenvalue weighted by atomic mass is 9.76. The van der Waals surface area contributed by atoms with Gasteiger partial charge in [0.05, 0.1) is 5.41 Å². The van der Waals surface area contributed by atoms with E-state index in [9.17, 15) is 9.90 Å². The number of halogens is 2. The predicted molar refractivity (Wildman–Crippen MR) is 80.3 cm³/mol. The second kappa shape index (κ2) is 6.04. The topological polar surface area (TPSA) is 37.3 Å². The lowest BCUT2D eigenvalue weighted by Crippen LogP contribution is -2.35. The first-order chi connectivity index (χ1) is 9.09. The summed E-state index contributed by atoms with van der Waals surface area (Å²) >= 11 is 9.26. The number of ketones is 1. The third kappa shape index (κ3) is 2.99. The minimum Gasteiger partial charge on any atom is -0.381 e. The van der Waals surface area contributed by atoms with Gasteiger partial charge in [-0.2, -0.15) is 0 Å². The van der Waals surface area contributed by atoms with E-state index in [-0.39, 0.29) is 5.78 Å². The predicted octanol–water partition coefficient (Wildman–Crippen LogP) is 3.75. The van der Waals surface area contributed by atoms with E-state index >= 15 is 0 Å². The van der Waals surface area contributed by atoms with Crippen molar-refractivity contribution >= 4 is 33.3 Å². The highest BCUT2D eigenvalue weighted by Gasteiger charge is 2.39. The first kappa shape index (κ1) is 14.5. The lowest BCUT2D eigenvalue weighted by molar-refractivity contribution is -0.134. The van der Waals surface area contributed by atoms with E-state index in [2.05, 4.69) is 15.9 Å². The van der Waals surface area contributed by atoms with Gasteiger partial charge in [-0.25, -0.2) is 0 Å². The Bertz CT molecular complexity index is 524. The van der Waals surface area contributed by atoms with E-state index in [0.29, 0.717) is 22.3 Å². The number of aliphatic hydroxyl groups excluding tert-OH is 1. The molecule has 1 aromatic carbocycles. The highest BCUT2D eigenvalue weighted by atomic mass is 79.9. The van der Waals surface area contributed by atoms with Gasteiger partial charge in [0.25, 0.3) is 0 Å². The van der Waals surface area contributed by atoms with E-state index in [1.54, 1.807) is 42.5 Å². The molecule has 1 aliphatic rings. The highest BCUT2D eigenvalue weighted by Crippen LogP contribution is 2.37. The highest BCUT2D eigenvalue weighted by molar-refractivity contribution is 9.09. The van der Waals surface area contributed by atoms with E-state index < -0.39 is 11.5 Å². The van der Waals surface area contributed by atoms with Gasteiger partial charge in [-0.15, -0.1) is 0 Å². The third-order valence-electron chi connectivity index (χ3n) is 3.32. The van der Waals surface area contributed by atoms with Crippen molar-refractivity contribution in [3.8, 4) is 0 Å². The van der Waals surface area contributed by atoms with Gasteiger partial charge in [-0.05, 0) is 18.1 Å². The van der Waals surface area contributed by atoms with Gasteiger partial charge in [0.2, 0.25) is 0 Å². The summed E-state index contributed by atoms with van der Waals surface area (Å²) in [5.74, 6) is -0.216. The number of carbonyl (C=O) groups is 1. The van der Waals surface area contributed by atoms with Crippen LogP contribution in [-0.2, 0) is 4.79 Å². The number of carbonyl (C=O) groups excluding carboxylic acids is 1. The molecule has 0 spiro atoms. The molecule has 4 heteroatoms. The van der Waals surface area contributed by atoms with Crippen molar-refractivity contribution in [3.05, 3.63) is 59.2 Å². The SMILES string of the molecule is O=C(C(O)c1ccccc1)C1(CBr)C=CC(Cl)=CC1. The molecule has 0 aliphatic heterocycles. The van der Waals surface area contributed by atoms with E-state index in [1.807, 2.05) is 6.07 Å². The molecule has 0 saturated heterocycles. The van der Waals surface area contributed by atoms with Gasteiger partial charge in [0, 0.05) is 10.4 Å². The fourth-order valence-corrected chi connectivity index (χ4v) is 2.89. The summed E-state index contributed by atoms with van der Waals surface area (Å²) in [5.41, 5.74) is -0.116. The Labute approximate surface area is 125 Å². The Morgan fingerprint density at radius 3 is 2.63 bits per heavy atom. The molecule has 0 aromatic heterocycles. The van der Waals surface area contributed by atoms with Crippen LogP contribution in [0, 0.1) is 5.41 Å². The average Bonchev–Trinajstić information content (AvgIpc) is 2.48. The molecular formula is C15H14BrClO2. The fourth-order valence-electron chi connectivity index (χ4n) is 2.06. The molecule has 2 rings (SSSR count). The van der Waals surface area contributed by atoms with Gasteiger partial charge in [0.1, 0.15) is 6.10 Å². The second-order valence-corrected chi connectivity index (χ2v) is 5.59. The molecule has 2 atom stereocenters. The Balaban J connectivity index is 2.25. The van der Waals surface area contributed by atoms with Crippen LogP contribution in [0.1, 0.15) is 18.1 Å². The second-order valence-electron chi connectivity index (χ2n) is 4.59. The minimum absolute atomic E-state index is 0.216. The van der Waals surface area contributed by atoms with Crippen LogP contribution in [0.4, 0.5) is 0 Å². The molecule has 100 valence electrons. The third-order valence-corrected chi connectivity index (χ3v) is 4.60. The van der Waals surface area contributed by atoms with Crippen molar-refractivity contribution in [2.24, 2.45) is 5.41 Å². The van der Waals surface area contributed by atoms with Gasteiger partial charge < -0.3 is 5.11 Å². The smallest absolute Gasteiger partial charge is 0.176 e. The number of aliphatic hydroxyl groups is 1. The maximum atomic E-state index is 12.6. The largest absolute Gasteiger partial charge is 0.381 e. The van der Waals surface area contributed by atoms with Gasteiger partial charge in [-0.3, -0.25) is 4.79 Å². The summed E-state index contributed by atoms with van der Waals surface area (Å²) in [5, 5.41) is 11.3. The number of hydrogen-bond donors (Lipinski definition) is 1. The van der Waals surface area contributed by atoms with Crippen LogP contribution in [-0.4, -0.2) is 16.2 Å². The molecular weight excluding hydrogens is 328 g/mol. The van der Waals surface area contributed by atoms with Crippen molar-refractivity contribution in [2.75, 3.05) is 5.33 Å². The monoisotopic (exact) mass is 340 g/mol. The van der Waals surface area contributed by atoms with Crippen molar-refractivity contribution in [1.82, 2.24) is 0 Å². The van der Waals surface area contributed by atoms with Crippen molar-refractivity contribution in [2.45, 2.75) is 12.5 Å². The Morgan fingerprint density at radius 1 is 1.42 bits per heavy atom. The van der Waals surface area contributed by atoms with Crippen LogP contribution in [0.2, 0.25) is 0 Å². The molecule has 0 bridgehead atoms. The summed E-state index contributed by atoms with van der Waals surface area (Å²) < 4.78 is 0. The number of rotatable bonds is 4. The van der Waals surface area contributed by atoms with Gasteiger partial charge >= 0.3 is 0 Å². The molecule has 2 nitrogen and oxygen atoms in total. The number of alkyl halides is 1. The molecule has 0 heterocycles. The van der Waals surface area contributed by atoms with Crippen LogP contribution in [0.15, 0.2) is 53.6 Å². The lowest BCUT2D eigenvalue weighted by Gasteiger charge is -2.30. The summed E-state index contributed by atoms with van der Waals surface area (Å²) in [6.07, 6.45) is 4.67. The Morgan fingerprint density at radius 2 is 2.11 bits per heavy atom. The molecule has 1 N–H and O–H groups in total. The van der Waals surface area contributed by atoms with E-state index in [0.717, 1.165) is 0 Å². The van der Waals surface area contributed by atoms with E-state index in [4.69, 9.17) is 11.6 Å². The molecule has 1 aliphatic carbocycles. The number of hydrogen-bond acceptors (Lipinski definition) is 2.